The van der Waals surface area contributed by atoms with E-state index in [1.54, 1.807) is 0 Å². The van der Waals surface area contributed by atoms with Crippen LogP contribution in [0.5, 0.6) is 0 Å². The molecule has 1 aliphatic rings. The molecule has 3 nitrogen and oxygen atoms in total. The first-order chi connectivity index (χ1) is 9.27. The normalized spacial score (nSPS) is 26.6. The predicted octanol–water partition coefficient (Wildman–Crippen LogP) is 3.50. The molecule has 3 heteroatoms. The minimum atomic E-state index is 0.0168. The number of carbonyl (C=O) groups is 1. The molecule has 0 aromatic rings. The van der Waals surface area contributed by atoms with Crippen LogP contribution in [0.3, 0.4) is 0 Å². The highest BCUT2D eigenvalue weighted by Gasteiger charge is 2.41. The molecule has 0 saturated carbocycles. The van der Waals surface area contributed by atoms with E-state index in [9.17, 15) is 4.79 Å². The number of nitrogens with one attached hydrogen (secondary N) is 1. The molecule has 118 valence electrons. The zero-order valence-electron chi connectivity index (χ0n) is 14.4. The van der Waals surface area contributed by atoms with Crippen LogP contribution in [0.2, 0.25) is 0 Å². The summed E-state index contributed by atoms with van der Waals surface area (Å²) in [6, 6.07) is 0.0168. The summed E-state index contributed by atoms with van der Waals surface area (Å²) in [6.07, 6.45) is 2.32. The first-order valence-corrected chi connectivity index (χ1v) is 8.34. The monoisotopic (exact) mass is 282 g/mol. The molecular weight excluding hydrogens is 248 g/mol. The van der Waals surface area contributed by atoms with E-state index in [4.69, 9.17) is 0 Å². The Bertz CT molecular complexity index is 314. The average molecular weight is 282 g/mol. The molecule has 0 radical (unpaired) electrons. The Kier molecular flexibility index (Phi) is 6.50. The molecule has 1 amide bonds. The molecule has 0 spiro atoms. The van der Waals surface area contributed by atoms with Crippen molar-refractivity contribution in [2.24, 2.45) is 23.7 Å². The van der Waals surface area contributed by atoms with Gasteiger partial charge in [0.25, 0.3) is 0 Å². The highest BCUT2D eigenvalue weighted by Crippen LogP contribution is 2.25. The van der Waals surface area contributed by atoms with Gasteiger partial charge in [-0.1, -0.05) is 54.9 Å². The number of carbonyl (C=O) groups excluding carboxylic acids is 1. The maximum Gasteiger partial charge on any atom is 0.241 e. The summed E-state index contributed by atoms with van der Waals surface area (Å²) in [5.74, 6) is 2.50. The Hall–Kier alpha value is -0.570. The summed E-state index contributed by atoms with van der Waals surface area (Å²) < 4.78 is 0. The van der Waals surface area contributed by atoms with Gasteiger partial charge in [0.15, 0.2) is 0 Å². The molecule has 1 saturated heterocycles. The van der Waals surface area contributed by atoms with Crippen LogP contribution in [0.25, 0.3) is 0 Å². The summed E-state index contributed by atoms with van der Waals surface area (Å²) in [6.45, 7) is 16.4. The Balaban J connectivity index is 2.82. The van der Waals surface area contributed by atoms with Crippen LogP contribution < -0.4 is 5.32 Å². The zero-order valence-corrected chi connectivity index (χ0v) is 14.4. The number of rotatable bonds is 7. The third-order valence-corrected chi connectivity index (χ3v) is 4.83. The van der Waals surface area contributed by atoms with E-state index in [-0.39, 0.29) is 12.2 Å². The number of hydrogen-bond acceptors (Lipinski definition) is 2. The van der Waals surface area contributed by atoms with Gasteiger partial charge < -0.3 is 4.90 Å². The maximum absolute atomic E-state index is 12.7. The molecule has 1 aliphatic heterocycles. The van der Waals surface area contributed by atoms with Crippen LogP contribution in [0.15, 0.2) is 0 Å². The van der Waals surface area contributed by atoms with E-state index in [0.29, 0.717) is 29.6 Å². The lowest BCUT2D eigenvalue weighted by molar-refractivity contribution is -0.131. The van der Waals surface area contributed by atoms with Crippen LogP contribution in [0.1, 0.15) is 61.3 Å². The van der Waals surface area contributed by atoms with Crippen LogP contribution in [0.4, 0.5) is 0 Å². The fourth-order valence-electron chi connectivity index (χ4n) is 2.72. The summed E-state index contributed by atoms with van der Waals surface area (Å²) in [5.41, 5.74) is 0. The fourth-order valence-corrected chi connectivity index (χ4v) is 2.72. The lowest BCUT2D eigenvalue weighted by Gasteiger charge is -2.29. The fraction of sp³-hybridized carbons (Fsp3) is 0.941. The third-order valence-electron chi connectivity index (χ3n) is 4.83. The van der Waals surface area contributed by atoms with Crippen molar-refractivity contribution in [2.45, 2.75) is 73.5 Å². The highest BCUT2D eigenvalue weighted by molar-refractivity contribution is 5.84. The van der Waals surface area contributed by atoms with Crippen molar-refractivity contribution in [3.8, 4) is 0 Å². The smallest absolute Gasteiger partial charge is 0.241 e. The maximum atomic E-state index is 12.7. The van der Waals surface area contributed by atoms with E-state index in [1.165, 1.54) is 0 Å². The molecule has 0 aromatic carbocycles. The molecule has 1 heterocycles. The molecule has 0 aromatic heterocycles. The second kappa shape index (κ2) is 7.44. The number of nitrogens with zero attached hydrogens (tertiary/aromatic N) is 1. The van der Waals surface area contributed by atoms with E-state index in [1.807, 2.05) is 0 Å². The van der Waals surface area contributed by atoms with Crippen molar-refractivity contribution in [1.82, 2.24) is 10.2 Å². The minimum absolute atomic E-state index is 0.0168. The molecule has 4 atom stereocenters. The van der Waals surface area contributed by atoms with Gasteiger partial charge >= 0.3 is 0 Å². The van der Waals surface area contributed by atoms with Crippen LogP contribution in [-0.2, 0) is 4.79 Å². The van der Waals surface area contributed by atoms with Crippen molar-refractivity contribution in [3.05, 3.63) is 0 Å². The molecule has 4 unspecified atom stereocenters. The van der Waals surface area contributed by atoms with Crippen molar-refractivity contribution >= 4 is 5.91 Å². The van der Waals surface area contributed by atoms with Gasteiger partial charge in [-0.2, -0.15) is 0 Å². The molecule has 0 aliphatic carbocycles. The largest absolute Gasteiger partial charge is 0.326 e. The summed E-state index contributed by atoms with van der Waals surface area (Å²) >= 11 is 0. The van der Waals surface area contributed by atoms with Gasteiger partial charge in [-0.25, -0.2) is 0 Å². The molecule has 20 heavy (non-hydrogen) atoms. The second-order valence-corrected chi connectivity index (χ2v) is 7.39. The van der Waals surface area contributed by atoms with Gasteiger partial charge in [-0.05, 0) is 30.1 Å². The van der Waals surface area contributed by atoms with Crippen molar-refractivity contribution < 1.29 is 4.79 Å². The first-order valence-electron chi connectivity index (χ1n) is 8.34. The van der Waals surface area contributed by atoms with E-state index in [2.05, 4.69) is 58.7 Å². The lowest BCUT2D eigenvalue weighted by Crippen LogP contribution is -2.41. The van der Waals surface area contributed by atoms with Crippen molar-refractivity contribution in [3.63, 3.8) is 0 Å². The van der Waals surface area contributed by atoms with Gasteiger partial charge in [0.2, 0.25) is 5.91 Å². The SMILES string of the molecule is CCC(C)C1NC(CC(C)C)N(CC(C)C(C)C)C1=O. The second-order valence-electron chi connectivity index (χ2n) is 7.39. The van der Waals surface area contributed by atoms with Gasteiger partial charge in [-0.15, -0.1) is 0 Å². The van der Waals surface area contributed by atoms with E-state index in [0.717, 1.165) is 19.4 Å². The quantitative estimate of drug-likeness (QED) is 0.775. The van der Waals surface area contributed by atoms with Gasteiger partial charge in [0, 0.05) is 6.54 Å². The van der Waals surface area contributed by atoms with Crippen LogP contribution >= 0.6 is 0 Å². The summed E-state index contributed by atoms with van der Waals surface area (Å²) in [5, 5.41) is 3.59. The zero-order chi connectivity index (χ0) is 15.4. The van der Waals surface area contributed by atoms with Crippen LogP contribution in [0, 0.1) is 23.7 Å². The van der Waals surface area contributed by atoms with Gasteiger partial charge in [0.1, 0.15) is 0 Å². The molecular formula is C17H34N2O. The van der Waals surface area contributed by atoms with Gasteiger partial charge in [0.05, 0.1) is 12.2 Å². The molecule has 1 fully saturated rings. The average Bonchev–Trinajstić information content (AvgIpc) is 2.65. The van der Waals surface area contributed by atoms with Crippen molar-refractivity contribution in [2.75, 3.05) is 6.54 Å². The third kappa shape index (κ3) is 4.21. The highest BCUT2D eigenvalue weighted by atomic mass is 16.2. The van der Waals surface area contributed by atoms with Gasteiger partial charge in [-0.3, -0.25) is 10.1 Å². The Morgan fingerprint density at radius 1 is 1.15 bits per heavy atom. The topological polar surface area (TPSA) is 32.3 Å². The van der Waals surface area contributed by atoms with E-state index >= 15 is 0 Å². The lowest BCUT2D eigenvalue weighted by atomic mass is 9.96. The number of hydrogen-bond donors (Lipinski definition) is 1. The first kappa shape index (κ1) is 17.5. The molecule has 0 bridgehead atoms. The predicted molar refractivity (Wildman–Crippen MR) is 85.3 cm³/mol. The summed E-state index contributed by atoms with van der Waals surface area (Å²) in [7, 11) is 0. The minimum Gasteiger partial charge on any atom is -0.326 e. The van der Waals surface area contributed by atoms with Crippen LogP contribution in [-0.4, -0.2) is 29.6 Å². The Labute approximate surface area is 125 Å². The standard InChI is InChI=1S/C17H34N2O/c1-8-13(6)16-17(20)19(10-14(7)12(4)5)15(18-16)9-11(2)3/h11-16,18H,8-10H2,1-7H3. The van der Waals surface area contributed by atoms with Crippen molar-refractivity contribution in [1.29, 1.82) is 0 Å². The number of amides is 1. The summed E-state index contributed by atoms with van der Waals surface area (Å²) in [4.78, 5) is 14.8. The Morgan fingerprint density at radius 2 is 1.75 bits per heavy atom. The molecule has 1 N–H and O–H groups in total. The Morgan fingerprint density at radius 3 is 2.20 bits per heavy atom. The van der Waals surface area contributed by atoms with E-state index < -0.39 is 0 Å². The molecule has 1 rings (SSSR count).